The standard InChI is InChI=1S/C18H23F2N7O2/c1-11-10-29-7-4-27(11)18-23-13(8-14(24-18)26-2-5-28-6-3-26)12-9-22-17(21)25-15(12)16(19)20/h8-9,11,16H,2-7,10H2,1H3,(H2,21,22,25)/t11-/m0/s1. The van der Waals surface area contributed by atoms with Crippen LogP contribution in [0.4, 0.5) is 26.5 Å². The largest absolute Gasteiger partial charge is 0.378 e. The van der Waals surface area contributed by atoms with Gasteiger partial charge in [0.05, 0.1) is 38.2 Å². The van der Waals surface area contributed by atoms with Crippen LogP contribution in [-0.4, -0.2) is 72.0 Å². The van der Waals surface area contributed by atoms with Crippen LogP contribution in [0.2, 0.25) is 0 Å². The molecule has 156 valence electrons. The number of alkyl halides is 2. The van der Waals surface area contributed by atoms with Gasteiger partial charge in [-0.2, -0.15) is 4.98 Å². The molecule has 2 N–H and O–H groups in total. The van der Waals surface area contributed by atoms with Crippen molar-refractivity contribution in [3.8, 4) is 11.3 Å². The Morgan fingerprint density at radius 1 is 1.10 bits per heavy atom. The van der Waals surface area contributed by atoms with Crippen molar-refractivity contribution in [3.05, 3.63) is 18.0 Å². The number of nitrogen functional groups attached to an aromatic ring is 1. The predicted molar refractivity (Wildman–Crippen MR) is 103 cm³/mol. The molecule has 2 saturated heterocycles. The molecule has 9 nitrogen and oxygen atoms in total. The van der Waals surface area contributed by atoms with Gasteiger partial charge >= 0.3 is 0 Å². The van der Waals surface area contributed by atoms with E-state index < -0.39 is 12.1 Å². The summed E-state index contributed by atoms with van der Waals surface area (Å²) >= 11 is 0. The van der Waals surface area contributed by atoms with Crippen LogP contribution in [0.25, 0.3) is 11.3 Å². The summed E-state index contributed by atoms with van der Waals surface area (Å²) in [7, 11) is 0. The highest BCUT2D eigenvalue weighted by molar-refractivity contribution is 5.67. The van der Waals surface area contributed by atoms with Gasteiger partial charge in [-0.3, -0.25) is 0 Å². The fourth-order valence-corrected chi connectivity index (χ4v) is 3.44. The quantitative estimate of drug-likeness (QED) is 0.808. The molecule has 0 bridgehead atoms. The normalized spacial score (nSPS) is 20.3. The van der Waals surface area contributed by atoms with Gasteiger partial charge in [-0.1, -0.05) is 0 Å². The van der Waals surface area contributed by atoms with Crippen molar-refractivity contribution in [2.24, 2.45) is 0 Å². The zero-order valence-electron chi connectivity index (χ0n) is 16.1. The Hall–Kier alpha value is -2.66. The molecule has 0 aliphatic carbocycles. The maximum Gasteiger partial charge on any atom is 0.281 e. The molecule has 2 aromatic rings. The average Bonchev–Trinajstić information content (AvgIpc) is 2.74. The zero-order valence-corrected chi connectivity index (χ0v) is 16.1. The van der Waals surface area contributed by atoms with Gasteiger partial charge < -0.3 is 25.0 Å². The van der Waals surface area contributed by atoms with Crippen molar-refractivity contribution >= 4 is 17.7 Å². The Kier molecular flexibility index (Phi) is 5.67. The van der Waals surface area contributed by atoms with Crippen LogP contribution in [0.5, 0.6) is 0 Å². The Bertz CT molecular complexity index is 864. The van der Waals surface area contributed by atoms with Crippen LogP contribution in [0.1, 0.15) is 19.0 Å². The first-order valence-electron chi connectivity index (χ1n) is 9.50. The number of anilines is 3. The molecule has 0 unspecified atom stereocenters. The number of halogens is 2. The molecular formula is C18H23F2N7O2. The van der Waals surface area contributed by atoms with Gasteiger partial charge in [0.1, 0.15) is 11.5 Å². The van der Waals surface area contributed by atoms with Gasteiger partial charge in [0.25, 0.3) is 6.43 Å². The van der Waals surface area contributed by atoms with E-state index in [1.54, 1.807) is 6.07 Å². The predicted octanol–water partition coefficient (Wildman–Crippen LogP) is 1.52. The molecule has 0 radical (unpaired) electrons. The van der Waals surface area contributed by atoms with Gasteiger partial charge in [-0.25, -0.2) is 23.7 Å². The molecule has 0 spiro atoms. The number of ether oxygens (including phenoxy) is 2. The third kappa shape index (κ3) is 4.20. The zero-order chi connectivity index (χ0) is 20.4. The minimum absolute atomic E-state index is 0.0637. The maximum atomic E-state index is 13.6. The topological polar surface area (TPSA) is 103 Å². The van der Waals surface area contributed by atoms with Crippen molar-refractivity contribution in [1.29, 1.82) is 0 Å². The number of rotatable bonds is 4. The highest BCUT2D eigenvalue weighted by Gasteiger charge is 2.26. The second-order valence-electron chi connectivity index (χ2n) is 6.96. The maximum absolute atomic E-state index is 13.6. The molecule has 2 fully saturated rings. The molecule has 29 heavy (non-hydrogen) atoms. The van der Waals surface area contributed by atoms with Crippen LogP contribution >= 0.6 is 0 Å². The van der Waals surface area contributed by atoms with Crippen molar-refractivity contribution in [2.75, 3.05) is 61.6 Å². The summed E-state index contributed by atoms with van der Waals surface area (Å²) in [5, 5.41) is 0. The Morgan fingerprint density at radius 3 is 2.59 bits per heavy atom. The Morgan fingerprint density at radius 2 is 1.86 bits per heavy atom. The lowest BCUT2D eigenvalue weighted by Crippen LogP contribution is -2.45. The van der Waals surface area contributed by atoms with Gasteiger partial charge in [-0.05, 0) is 6.92 Å². The lowest BCUT2D eigenvalue weighted by atomic mass is 10.1. The summed E-state index contributed by atoms with van der Waals surface area (Å²) in [6, 6.07) is 1.76. The van der Waals surface area contributed by atoms with Gasteiger partial charge in [-0.15, -0.1) is 0 Å². The third-order valence-corrected chi connectivity index (χ3v) is 4.98. The minimum Gasteiger partial charge on any atom is -0.378 e. The van der Waals surface area contributed by atoms with E-state index >= 15 is 0 Å². The number of morpholine rings is 2. The summed E-state index contributed by atoms with van der Waals surface area (Å²) in [6.45, 7) is 6.22. The Balaban J connectivity index is 1.81. The van der Waals surface area contributed by atoms with Crippen LogP contribution in [0, 0.1) is 0 Å². The van der Waals surface area contributed by atoms with E-state index in [0.29, 0.717) is 63.5 Å². The minimum atomic E-state index is -2.80. The van der Waals surface area contributed by atoms with Crippen LogP contribution in [0.3, 0.4) is 0 Å². The van der Waals surface area contributed by atoms with Crippen LogP contribution in [0.15, 0.2) is 12.3 Å². The molecule has 2 aliphatic rings. The molecule has 4 rings (SSSR count). The Labute approximate surface area is 166 Å². The first-order valence-corrected chi connectivity index (χ1v) is 9.50. The molecule has 4 heterocycles. The van der Waals surface area contributed by atoms with Gasteiger partial charge in [0.15, 0.2) is 0 Å². The van der Waals surface area contributed by atoms with E-state index in [-0.39, 0.29) is 17.6 Å². The van der Waals surface area contributed by atoms with E-state index in [1.165, 1.54) is 6.20 Å². The van der Waals surface area contributed by atoms with E-state index in [4.69, 9.17) is 20.2 Å². The number of hydrogen-bond acceptors (Lipinski definition) is 9. The van der Waals surface area contributed by atoms with E-state index in [2.05, 4.69) is 19.9 Å². The molecular weight excluding hydrogens is 384 g/mol. The van der Waals surface area contributed by atoms with E-state index in [0.717, 1.165) is 0 Å². The van der Waals surface area contributed by atoms with Crippen molar-refractivity contribution in [3.63, 3.8) is 0 Å². The summed E-state index contributed by atoms with van der Waals surface area (Å²) in [6.07, 6.45) is -1.51. The van der Waals surface area contributed by atoms with Gasteiger partial charge in [0, 0.05) is 37.5 Å². The molecule has 11 heteroatoms. The summed E-state index contributed by atoms with van der Waals surface area (Å²) in [4.78, 5) is 21.0. The second kappa shape index (κ2) is 8.37. The lowest BCUT2D eigenvalue weighted by Gasteiger charge is -2.35. The smallest absolute Gasteiger partial charge is 0.281 e. The third-order valence-electron chi connectivity index (χ3n) is 4.98. The monoisotopic (exact) mass is 407 g/mol. The molecule has 2 aliphatic heterocycles. The highest BCUT2D eigenvalue weighted by Crippen LogP contribution is 2.32. The number of aromatic nitrogens is 4. The molecule has 1 atom stereocenters. The number of nitrogens with two attached hydrogens (primary N) is 1. The molecule has 2 aromatic heterocycles. The number of nitrogens with zero attached hydrogens (tertiary/aromatic N) is 6. The first-order chi connectivity index (χ1) is 14.0. The first kappa shape index (κ1) is 19.6. The molecule has 0 aromatic carbocycles. The van der Waals surface area contributed by atoms with Crippen LogP contribution < -0.4 is 15.5 Å². The summed E-state index contributed by atoms with van der Waals surface area (Å²) in [5.41, 5.74) is 5.57. The van der Waals surface area contributed by atoms with Crippen molar-refractivity contribution in [1.82, 2.24) is 19.9 Å². The highest BCUT2D eigenvalue weighted by atomic mass is 19.3. The van der Waals surface area contributed by atoms with Crippen molar-refractivity contribution in [2.45, 2.75) is 19.4 Å². The van der Waals surface area contributed by atoms with Crippen molar-refractivity contribution < 1.29 is 18.3 Å². The lowest BCUT2D eigenvalue weighted by molar-refractivity contribution is 0.0980. The fraction of sp³-hybridized carbons (Fsp3) is 0.556. The average molecular weight is 407 g/mol. The fourth-order valence-electron chi connectivity index (χ4n) is 3.44. The summed E-state index contributed by atoms with van der Waals surface area (Å²) in [5.74, 6) is 0.925. The second-order valence-corrected chi connectivity index (χ2v) is 6.96. The SMILES string of the molecule is C[C@H]1COCCN1c1nc(-c2cnc(N)nc2C(F)F)cc(N2CCOCC2)n1. The number of hydrogen-bond donors (Lipinski definition) is 1. The van der Waals surface area contributed by atoms with E-state index in [1.807, 2.05) is 11.8 Å². The molecule has 0 amide bonds. The summed E-state index contributed by atoms with van der Waals surface area (Å²) < 4.78 is 38.2. The van der Waals surface area contributed by atoms with E-state index in [9.17, 15) is 8.78 Å². The molecule has 0 saturated carbocycles. The van der Waals surface area contributed by atoms with Crippen LogP contribution in [-0.2, 0) is 9.47 Å². The van der Waals surface area contributed by atoms with Gasteiger partial charge in [0.2, 0.25) is 11.9 Å².